The van der Waals surface area contributed by atoms with E-state index in [0.29, 0.717) is 0 Å². The molecule has 0 aliphatic carbocycles. The molecule has 0 bridgehead atoms. The first kappa shape index (κ1) is 26.3. The summed E-state index contributed by atoms with van der Waals surface area (Å²) in [6.45, 7) is 0. The molecule has 2 nitrogen and oxygen atoms in total. The molecule has 1 aromatic heterocycles. The second kappa shape index (κ2) is 10.8. The van der Waals surface area contributed by atoms with Gasteiger partial charge in [0.05, 0.1) is 5.69 Å². The molecule has 0 atom stereocenters. The number of fused-ring (bicyclic) bond motifs is 6. The van der Waals surface area contributed by atoms with Crippen LogP contribution in [0.4, 0.5) is 17.1 Å². The van der Waals surface area contributed by atoms with Crippen LogP contribution in [0.1, 0.15) is 0 Å². The zero-order valence-electron chi connectivity index (χ0n) is 25.1. The van der Waals surface area contributed by atoms with E-state index in [4.69, 9.17) is 4.42 Å². The molecule has 0 aliphatic rings. The van der Waals surface area contributed by atoms with Gasteiger partial charge in [0.15, 0.2) is 0 Å². The van der Waals surface area contributed by atoms with Crippen LogP contribution in [0, 0.1) is 0 Å². The van der Waals surface area contributed by atoms with Crippen molar-refractivity contribution in [1.82, 2.24) is 0 Å². The predicted molar refractivity (Wildman–Crippen MR) is 194 cm³/mol. The van der Waals surface area contributed by atoms with Crippen LogP contribution >= 0.6 is 0 Å². The largest absolute Gasteiger partial charge is 0.456 e. The third-order valence-corrected chi connectivity index (χ3v) is 9.00. The highest BCUT2D eigenvalue weighted by atomic mass is 16.3. The van der Waals surface area contributed by atoms with Crippen LogP contribution in [-0.4, -0.2) is 0 Å². The number of anilines is 3. The number of hydrogen-bond acceptors (Lipinski definition) is 2. The lowest BCUT2D eigenvalue weighted by atomic mass is 9.96. The Morgan fingerprint density at radius 1 is 0.326 bits per heavy atom. The predicted octanol–water partition coefficient (Wildman–Crippen LogP) is 12.7. The molecule has 0 amide bonds. The fourth-order valence-electron chi connectivity index (χ4n) is 6.83. The van der Waals surface area contributed by atoms with Gasteiger partial charge in [-0.1, -0.05) is 121 Å². The second-order valence-electron chi connectivity index (χ2n) is 11.8. The van der Waals surface area contributed by atoms with E-state index in [9.17, 15) is 0 Å². The molecule has 9 rings (SSSR count). The number of hydrogen-bond donors (Lipinski definition) is 0. The SMILES string of the molecule is c1ccc(-c2cc(-c3ccccc3)cc(N(c3ccccc3)c3cccc4c3ccc3cc5oc6ccccc6c5cc34)c2)cc1. The number of benzene rings is 8. The van der Waals surface area contributed by atoms with Gasteiger partial charge >= 0.3 is 0 Å². The zero-order chi connectivity index (χ0) is 30.5. The lowest BCUT2D eigenvalue weighted by Crippen LogP contribution is -2.11. The highest BCUT2D eigenvalue weighted by molar-refractivity contribution is 6.18. The smallest absolute Gasteiger partial charge is 0.136 e. The van der Waals surface area contributed by atoms with Crippen LogP contribution in [0.5, 0.6) is 0 Å². The molecule has 0 N–H and O–H groups in total. The summed E-state index contributed by atoms with van der Waals surface area (Å²) in [4.78, 5) is 2.40. The Morgan fingerprint density at radius 2 is 0.957 bits per heavy atom. The summed E-state index contributed by atoms with van der Waals surface area (Å²) >= 11 is 0. The van der Waals surface area contributed by atoms with E-state index >= 15 is 0 Å². The average molecular weight is 588 g/mol. The van der Waals surface area contributed by atoms with Gasteiger partial charge in [-0.15, -0.1) is 0 Å². The molecule has 0 saturated carbocycles. The van der Waals surface area contributed by atoms with Crippen molar-refractivity contribution >= 4 is 60.5 Å². The normalized spacial score (nSPS) is 11.5. The third-order valence-electron chi connectivity index (χ3n) is 9.00. The maximum atomic E-state index is 6.24. The van der Waals surface area contributed by atoms with Crippen LogP contribution in [0.2, 0.25) is 0 Å². The van der Waals surface area contributed by atoms with Crippen molar-refractivity contribution in [3.63, 3.8) is 0 Å². The van der Waals surface area contributed by atoms with E-state index in [2.05, 4.69) is 169 Å². The fraction of sp³-hybridized carbons (Fsp3) is 0. The number of nitrogens with zero attached hydrogens (tertiary/aromatic N) is 1. The van der Waals surface area contributed by atoms with Gasteiger partial charge in [-0.2, -0.15) is 0 Å². The third kappa shape index (κ3) is 4.43. The Labute approximate surface area is 267 Å². The van der Waals surface area contributed by atoms with Crippen molar-refractivity contribution in [3.05, 3.63) is 176 Å². The first-order chi connectivity index (χ1) is 22.8. The monoisotopic (exact) mass is 587 g/mol. The van der Waals surface area contributed by atoms with Crippen LogP contribution in [0.3, 0.4) is 0 Å². The summed E-state index contributed by atoms with van der Waals surface area (Å²) < 4.78 is 6.24. The van der Waals surface area contributed by atoms with Gasteiger partial charge in [0.2, 0.25) is 0 Å². The summed E-state index contributed by atoms with van der Waals surface area (Å²) in [5.41, 5.74) is 9.92. The standard InChI is InChI=1S/C44H29NO/c1-4-13-30(14-5-1)33-25-34(31-15-6-2-7-16-31)27-36(26-33)45(35-17-8-3-9-18-35)42-21-12-20-37-38(42)24-23-32-28-44-41(29-40(32)37)39-19-10-11-22-43(39)46-44/h1-29H. The van der Waals surface area contributed by atoms with Gasteiger partial charge in [-0.25, -0.2) is 0 Å². The molecular formula is C44H29NO. The Hall–Kier alpha value is -6.12. The van der Waals surface area contributed by atoms with Gasteiger partial charge in [0.1, 0.15) is 11.2 Å². The molecular weight excluding hydrogens is 558 g/mol. The molecule has 0 spiro atoms. The molecule has 0 aliphatic heterocycles. The maximum Gasteiger partial charge on any atom is 0.136 e. The minimum absolute atomic E-state index is 0.917. The van der Waals surface area contributed by atoms with E-state index < -0.39 is 0 Å². The first-order valence-corrected chi connectivity index (χ1v) is 15.7. The summed E-state index contributed by atoms with van der Waals surface area (Å²) in [7, 11) is 0. The topological polar surface area (TPSA) is 16.4 Å². The molecule has 216 valence electrons. The van der Waals surface area contributed by atoms with Crippen LogP contribution in [-0.2, 0) is 0 Å². The van der Waals surface area contributed by atoms with Crippen molar-refractivity contribution in [2.24, 2.45) is 0 Å². The van der Waals surface area contributed by atoms with Gasteiger partial charge in [0.25, 0.3) is 0 Å². The Kier molecular flexibility index (Phi) is 6.17. The van der Waals surface area contributed by atoms with Gasteiger partial charge in [0, 0.05) is 27.5 Å². The quantitative estimate of drug-likeness (QED) is 0.186. The lowest BCUT2D eigenvalue weighted by Gasteiger charge is -2.28. The van der Waals surface area contributed by atoms with E-state index in [1.165, 1.54) is 43.8 Å². The van der Waals surface area contributed by atoms with Crippen molar-refractivity contribution in [2.75, 3.05) is 4.90 Å². The maximum absolute atomic E-state index is 6.24. The van der Waals surface area contributed by atoms with Gasteiger partial charge in [-0.05, 0) is 93.0 Å². The number of para-hydroxylation sites is 2. The Bertz CT molecular complexity index is 2460. The summed E-state index contributed by atoms with van der Waals surface area (Å²) in [6.07, 6.45) is 0. The van der Waals surface area contributed by atoms with Crippen LogP contribution < -0.4 is 4.90 Å². The molecule has 9 aromatic rings. The van der Waals surface area contributed by atoms with Crippen LogP contribution in [0.15, 0.2) is 180 Å². The molecule has 1 heterocycles. The summed E-state index contributed by atoms with van der Waals surface area (Å²) in [6, 6.07) is 62.9. The Morgan fingerprint density at radius 3 is 1.67 bits per heavy atom. The summed E-state index contributed by atoms with van der Waals surface area (Å²) in [5.74, 6) is 0. The van der Waals surface area contributed by atoms with E-state index in [1.54, 1.807) is 0 Å². The molecule has 0 saturated heterocycles. The Balaban J connectivity index is 1.31. The lowest BCUT2D eigenvalue weighted by molar-refractivity contribution is 0.669. The minimum atomic E-state index is 0.917. The molecule has 0 fully saturated rings. The molecule has 46 heavy (non-hydrogen) atoms. The van der Waals surface area contributed by atoms with Crippen molar-refractivity contribution in [2.45, 2.75) is 0 Å². The van der Waals surface area contributed by atoms with Crippen LogP contribution in [0.25, 0.3) is 65.7 Å². The van der Waals surface area contributed by atoms with Crippen molar-refractivity contribution in [1.29, 1.82) is 0 Å². The van der Waals surface area contributed by atoms with Crippen molar-refractivity contribution < 1.29 is 4.42 Å². The highest BCUT2D eigenvalue weighted by Crippen LogP contribution is 2.44. The van der Waals surface area contributed by atoms with Gasteiger partial charge in [-0.3, -0.25) is 0 Å². The van der Waals surface area contributed by atoms with Gasteiger partial charge < -0.3 is 9.32 Å². The molecule has 8 aromatic carbocycles. The molecule has 0 radical (unpaired) electrons. The average Bonchev–Trinajstić information content (AvgIpc) is 3.49. The molecule has 2 heteroatoms. The van der Waals surface area contributed by atoms with E-state index in [-0.39, 0.29) is 0 Å². The van der Waals surface area contributed by atoms with E-state index in [0.717, 1.165) is 39.0 Å². The second-order valence-corrected chi connectivity index (χ2v) is 11.8. The zero-order valence-corrected chi connectivity index (χ0v) is 25.1. The fourth-order valence-corrected chi connectivity index (χ4v) is 6.83. The molecule has 0 unspecified atom stereocenters. The highest BCUT2D eigenvalue weighted by Gasteiger charge is 2.19. The number of furan rings is 1. The van der Waals surface area contributed by atoms with E-state index in [1.807, 2.05) is 12.1 Å². The minimum Gasteiger partial charge on any atom is -0.456 e. The first-order valence-electron chi connectivity index (χ1n) is 15.7. The number of rotatable bonds is 5. The van der Waals surface area contributed by atoms with Crippen molar-refractivity contribution in [3.8, 4) is 22.3 Å². The summed E-state index contributed by atoms with van der Waals surface area (Å²) in [5, 5.41) is 7.07.